The molecule has 0 saturated heterocycles. The third-order valence-corrected chi connectivity index (χ3v) is 7.00. The third kappa shape index (κ3) is 8.19. The molecule has 3 rings (SSSR count). The largest absolute Gasteiger partial charge is 0.493 e. The van der Waals surface area contributed by atoms with E-state index in [1.807, 2.05) is 0 Å². The predicted octanol–water partition coefficient (Wildman–Crippen LogP) is 10.3. The van der Waals surface area contributed by atoms with Gasteiger partial charge in [-0.15, -0.1) is 0 Å². The van der Waals surface area contributed by atoms with Gasteiger partial charge in [0.15, 0.2) is 0 Å². The average Bonchev–Trinajstić information content (AvgIpc) is 2.94. The van der Waals surface area contributed by atoms with E-state index in [0.717, 1.165) is 95.9 Å². The number of hydrogen-bond donors (Lipinski definition) is 0. The van der Waals surface area contributed by atoms with Gasteiger partial charge in [-0.1, -0.05) is 103 Å². The molecule has 0 heterocycles. The van der Waals surface area contributed by atoms with Crippen molar-refractivity contribution in [3.8, 4) is 23.0 Å². The number of hydrogen-bond acceptors (Lipinski definition) is 4. The summed E-state index contributed by atoms with van der Waals surface area (Å²) < 4.78 is 26.0. The molecule has 3 aromatic rings. The Balaban J connectivity index is 2.17. The summed E-state index contributed by atoms with van der Waals surface area (Å²) in [7, 11) is 0. The minimum absolute atomic E-state index is 0.681. The van der Waals surface area contributed by atoms with Crippen LogP contribution in [-0.4, -0.2) is 26.4 Å². The van der Waals surface area contributed by atoms with Gasteiger partial charge in [0.2, 0.25) is 0 Å². The monoisotopic (exact) mass is 522 g/mol. The second-order valence-electron chi connectivity index (χ2n) is 10.2. The number of unbranched alkanes of at least 4 members (excludes halogenated alkanes) is 8. The van der Waals surface area contributed by atoms with Gasteiger partial charge < -0.3 is 18.9 Å². The third-order valence-electron chi connectivity index (χ3n) is 7.00. The van der Waals surface area contributed by atoms with Crippen molar-refractivity contribution in [2.75, 3.05) is 26.4 Å². The molecule has 4 nitrogen and oxygen atoms in total. The summed E-state index contributed by atoms with van der Waals surface area (Å²) in [6, 6.07) is 12.6. The molecule has 0 atom stereocenters. The fourth-order valence-electron chi connectivity index (χ4n) is 4.84. The zero-order valence-electron chi connectivity index (χ0n) is 24.4. The highest BCUT2D eigenvalue weighted by atomic mass is 16.5. The van der Waals surface area contributed by atoms with Gasteiger partial charge in [-0.25, -0.2) is 0 Å². The van der Waals surface area contributed by atoms with Crippen LogP contribution in [0.25, 0.3) is 21.5 Å². The van der Waals surface area contributed by atoms with Crippen LogP contribution in [0.5, 0.6) is 23.0 Å². The quantitative estimate of drug-likeness (QED) is 0.109. The van der Waals surface area contributed by atoms with Crippen LogP contribution in [0.15, 0.2) is 36.4 Å². The number of fused-ring (bicyclic) bond motifs is 2. The molecule has 0 fully saturated rings. The Morgan fingerprint density at radius 2 is 0.763 bits per heavy atom. The Kier molecular flexibility index (Phi) is 13.4. The molecule has 0 aromatic heterocycles. The molecule has 0 bridgehead atoms. The second-order valence-corrected chi connectivity index (χ2v) is 10.2. The number of ether oxygens (including phenoxy) is 4. The van der Waals surface area contributed by atoms with E-state index in [2.05, 4.69) is 64.1 Å². The van der Waals surface area contributed by atoms with Gasteiger partial charge in [-0.3, -0.25) is 0 Å². The lowest BCUT2D eigenvalue weighted by molar-refractivity contribution is 0.295. The van der Waals surface area contributed by atoms with Crippen LogP contribution in [0.2, 0.25) is 0 Å². The first kappa shape index (κ1) is 29.9. The van der Waals surface area contributed by atoms with E-state index in [-0.39, 0.29) is 0 Å². The van der Waals surface area contributed by atoms with E-state index in [0.29, 0.717) is 26.4 Å². The standard InChI is InChI=1S/C34H50O4/c1-5-9-13-23-35-29-21-17-19-27-31(29)33(37-25-15-11-7-3)28-20-18-22-30(36-24-14-10-6-2)32(28)34(27)38-26-16-12-8-4/h17-22H,5-16,23-26H2,1-4H3. The summed E-state index contributed by atoms with van der Waals surface area (Å²) in [6.45, 7) is 11.6. The Labute approximate surface area is 231 Å². The zero-order valence-corrected chi connectivity index (χ0v) is 24.4. The Bertz CT molecular complexity index is 1000. The molecule has 4 heteroatoms. The van der Waals surface area contributed by atoms with Crippen LogP contribution in [0, 0.1) is 0 Å². The van der Waals surface area contributed by atoms with Gasteiger partial charge in [0.1, 0.15) is 23.0 Å². The van der Waals surface area contributed by atoms with E-state index in [9.17, 15) is 0 Å². The van der Waals surface area contributed by atoms with E-state index < -0.39 is 0 Å². The smallest absolute Gasteiger partial charge is 0.139 e. The van der Waals surface area contributed by atoms with Crippen LogP contribution in [0.1, 0.15) is 105 Å². The summed E-state index contributed by atoms with van der Waals surface area (Å²) in [5, 5.41) is 4.11. The summed E-state index contributed by atoms with van der Waals surface area (Å²) in [5.74, 6) is 3.52. The van der Waals surface area contributed by atoms with Crippen molar-refractivity contribution in [2.24, 2.45) is 0 Å². The lowest BCUT2D eigenvalue weighted by Gasteiger charge is -2.21. The highest BCUT2D eigenvalue weighted by molar-refractivity contribution is 6.15. The number of benzene rings is 3. The lowest BCUT2D eigenvalue weighted by Crippen LogP contribution is -2.05. The first-order valence-corrected chi connectivity index (χ1v) is 15.3. The first-order valence-electron chi connectivity index (χ1n) is 15.3. The SMILES string of the molecule is CCCCCOc1cccc2c(OCCCCC)c3c(OCCCCC)cccc3c(OCCCCC)c12. The molecule has 0 amide bonds. The maximum absolute atomic E-state index is 6.61. The van der Waals surface area contributed by atoms with Crippen LogP contribution >= 0.6 is 0 Å². The second kappa shape index (κ2) is 17.1. The molecule has 0 aliphatic carbocycles. The molecule has 0 aliphatic rings. The van der Waals surface area contributed by atoms with Crippen molar-refractivity contribution in [1.29, 1.82) is 0 Å². The maximum atomic E-state index is 6.61. The van der Waals surface area contributed by atoms with Crippen LogP contribution in [0.3, 0.4) is 0 Å². The molecule has 0 aliphatic heterocycles. The molecular formula is C34H50O4. The van der Waals surface area contributed by atoms with Gasteiger partial charge in [-0.2, -0.15) is 0 Å². The summed E-state index contributed by atoms with van der Waals surface area (Å²) in [5.41, 5.74) is 0. The van der Waals surface area contributed by atoms with Gasteiger partial charge in [0.05, 0.1) is 37.2 Å². The molecule has 0 spiro atoms. The molecular weight excluding hydrogens is 472 g/mol. The lowest BCUT2D eigenvalue weighted by atomic mass is 9.98. The minimum Gasteiger partial charge on any atom is -0.493 e. The highest BCUT2D eigenvalue weighted by Crippen LogP contribution is 2.49. The topological polar surface area (TPSA) is 36.9 Å². The maximum Gasteiger partial charge on any atom is 0.139 e. The highest BCUT2D eigenvalue weighted by Gasteiger charge is 2.22. The summed E-state index contributed by atoms with van der Waals surface area (Å²) >= 11 is 0. The molecule has 0 unspecified atom stereocenters. The van der Waals surface area contributed by atoms with Crippen LogP contribution in [0.4, 0.5) is 0 Å². The minimum atomic E-state index is 0.681. The molecule has 0 radical (unpaired) electrons. The molecule has 0 N–H and O–H groups in total. The summed E-state index contributed by atoms with van der Waals surface area (Å²) in [4.78, 5) is 0. The van der Waals surface area contributed by atoms with E-state index >= 15 is 0 Å². The Morgan fingerprint density at radius 3 is 1.11 bits per heavy atom. The van der Waals surface area contributed by atoms with Gasteiger partial charge in [0.25, 0.3) is 0 Å². The molecule has 3 aromatic carbocycles. The molecule has 210 valence electrons. The van der Waals surface area contributed by atoms with Crippen LogP contribution in [-0.2, 0) is 0 Å². The molecule has 0 saturated carbocycles. The molecule has 38 heavy (non-hydrogen) atoms. The Hall–Kier alpha value is -2.62. The number of rotatable bonds is 20. The van der Waals surface area contributed by atoms with Crippen molar-refractivity contribution >= 4 is 21.5 Å². The Morgan fingerprint density at radius 1 is 0.421 bits per heavy atom. The van der Waals surface area contributed by atoms with Gasteiger partial charge >= 0.3 is 0 Å². The van der Waals surface area contributed by atoms with Crippen molar-refractivity contribution in [3.63, 3.8) is 0 Å². The van der Waals surface area contributed by atoms with Crippen LogP contribution < -0.4 is 18.9 Å². The van der Waals surface area contributed by atoms with E-state index in [1.54, 1.807) is 0 Å². The van der Waals surface area contributed by atoms with Crippen molar-refractivity contribution < 1.29 is 18.9 Å². The van der Waals surface area contributed by atoms with E-state index in [1.165, 1.54) is 25.7 Å². The van der Waals surface area contributed by atoms with E-state index in [4.69, 9.17) is 18.9 Å². The fourth-order valence-corrected chi connectivity index (χ4v) is 4.84. The van der Waals surface area contributed by atoms with Gasteiger partial charge in [-0.05, 0) is 37.8 Å². The fraction of sp³-hybridized carbons (Fsp3) is 0.588. The average molecular weight is 523 g/mol. The predicted molar refractivity (Wildman–Crippen MR) is 162 cm³/mol. The normalized spacial score (nSPS) is 11.3. The van der Waals surface area contributed by atoms with Crippen molar-refractivity contribution in [3.05, 3.63) is 36.4 Å². The van der Waals surface area contributed by atoms with Crippen molar-refractivity contribution in [1.82, 2.24) is 0 Å². The summed E-state index contributed by atoms with van der Waals surface area (Å²) in [6.07, 6.45) is 13.5. The zero-order chi connectivity index (χ0) is 27.0. The van der Waals surface area contributed by atoms with Gasteiger partial charge in [0, 0.05) is 10.8 Å². The van der Waals surface area contributed by atoms with Crippen molar-refractivity contribution in [2.45, 2.75) is 105 Å². The first-order chi connectivity index (χ1) is 18.8.